The summed E-state index contributed by atoms with van der Waals surface area (Å²) < 4.78 is 0. The monoisotopic (exact) mass is 483 g/mol. The number of amides is 2. The number of aromatic hydroxyl groups is 1. The van der Waals surface area contributed by atoms with Gasteiger partial charge in [-0.2, -0.15) is 0 Å². The van der Waals surface area contributed by atoms with Crippen molar-refractivity contribution in [2.24, 2.45) is 5.84 Å². The molecule has 0 saturated heterocycles. The lowest BCUT2D eigenvalue weighted by Gasteiger charge is -2.20. The van der Waals surface area contributed by atoms with Crippen LogP contribution in [0.2, 0.25) is 0 Å². The lowest BCUT2D eigenvalue weighted by Crippen LogP contribution is -2.33. The van der Waals surface area contributed by atoms with Gasteiger partial charge in [-0.1, -0.05) is 58.0 Å². The van der Waals surface area contributed by atoms with Crippen molar-refractivity contribution in [3.05, 3.63) is 94.2 Å². The Kier molecular flexibility index (Phi) is 6.74. The van der Waals surface area contributed by atoms with Gasteiger partial charge in [-0.05, 0) is 72.2 Å². The topological polar surface area (TPSA) is 86.9 Å². The third-order valence-electron chi connectivity index (χ3n) is 6.80. The van der Waals surface area contributed by atoms with E-state index in [1.165, 1.54) is 6.20 Å². The average molecular weight is 484 g/mol. The summed E-state index contributed by atoms with van der Waals surface area (Å²) in [5.41, 5.74) is 6.43. The minimum absolute atomic E-state index is 0.0228. The molecule has 4 rings (SSSR count). The van der Waals surface area contributed by atoms with Crippen molar-refractivity contribution in [2.75, 3.05) is 4.90 Å². The van der Waals surface area contributed by atoms with E-state index in [-0.39, 0.29) is 29.1 Å². The fourth-order valence-electron chi connectivity index (χ4n) is 4.44. The number of carbonyl (C=O) groups is 2. The molecule has 1 aliphatic heterocycles. The van der Waals surface area contributed by atoms with Crippen molar-refractivity contribution >= 4 is 28.8 Å². The van der Waals surface area contributed by atoms with Gasteiger partial charge in [-0.3, -0.25) is 19.5 Å². The summed E-state index contributed by atoms with van der Waals surface area (Å²) in [6.07, 6.45) is 1.36. The molecule has 2 amide bonds. The van der Waals surface area contributed by atoms with Crippen LogP contribution >= 0.6 is 0 Å². The number of aryl methyl sites for hydroxylation is 2. The fraction of sp³-hybridized carbons (Fsp3) is 0.267. The number of hydrogen-bond acceptors (Lipinski definition) is 4. The molecule has 0 radical (unpaired) electrons. The quantitative estimate of drug-likeness (QED) is 0.193. The minimum Gasteiger partial charge on any atom is -0.507 e. The maximum Gasteiger partial charge on any atom is 0.275 e. The largest absolute Gasteiger partial charge is 0.507 e. The van der Waals surface area contributed by atoms with Crippen molar-refractivity contribution in [3.63, 3.8) is 0 Å². The average Bonchev–Trinajstić information content (AvgIpc) is 3.11. The molecule has 0 aliphatic carbocycles. The van der Waals surface area contributed by atoms with E-state index in [4.69, 9.17) is 5.84 Å². The Morgan fingerprint density at radius 1 is 0.972 bits per heavy atom. The molecule has 6 heteroatoms. The molecule has 186 valence electrons. The highest BCUT2D eigenvalue weighted by Crippen LogP contribution is 2.42. The van der Waals surface area contributed by atoms with E-state index in [1.807, 2.05) is 90.1 Å². The maximum atomic E-state index is 13.6. The predicted molar refractivity (Wildman–Crippen MR) is 144 cm³/mol. The predicted octanol–water partition coefficient (Wildman–Crippen LogP) is 6.29. The summed E-state index contributed by atoms with van der Waals surface area (Å²) in [4.78, 5) is 28.7. The van der Waals surface area contributed by atoms with Gasteiger partial charge < -0.3 is 5.11 Å². The van der Waals surface area contributed by atoms with Gasteiger partial charge in [0.25, 0.3) is 11.8 Å². The van der Waals surface area contributed by atoms with E-state index in [9.17, 15) is 14.7 Å². The number of hydrazine groups is 1. The van der Waals surface area contributed by atoms with Gasteiger partial charge in [0, 0.05) is 17.5 Å². The number of para-hydroxylation sites is 1. The third-order valence-corrected chi connectivity index (χ3v) is 6.80. The van der Waals surface area contributed by atoms with Crippen LogP contribution in [0.15, 0.2) is 60.8 Å². The molecule has 6 nitrogen and oxygen atoms in total. The first-order chi connectivity index (χ1) is 17.0. The second-order valence-electron chi connectivity index (χ2n) is 10.00. The van der Waals surface area contributed by atoms with Crippen LogP contribution in [-0.4, -0.2) is 21.9 Å². The lowest BCUT2D eigenvalue weighted by atomic mass is 9.91. The minimum atomic E-state index is -0.584. The molecule has 1 aliphatic rings. The SMILES string of the molecule is Cc1ccc(N2C(=O)/C(=C/N(N)C(=O)c3cc(C(C)C)cc(C(C)C)c3O)c3ccccc32)cc1C. The van der Waals surface area contributed by atoms with Crippen LogP contribution < -0.4 is 10.7 Å². The van der Waals surface area contributed by atoms with Crippen molar-refractivity contribution in [3.8, 4) is 5.75 Å². The number of nitrogens with zero attached hydrogens (tertiary/aromatic N) is 2. The van der Waals surface area contributed by atoms with Crippen molar-refractivity contribution in [1.82, 2.24) is 5.01 Å². The molecule has 0 aromatic heterocycles. The summed E-state index contributed by atoms with van der Waals surface area (Å²) in [5, 5.41) is 11.8. The number of fused-ring (bicyclic) bond motifs is 1. The molecule has 0 saturated carbocycles. The Morgan fingerprint density at radius 3 is 2.31 bits per heavy atom. The van der Waals surface area contributed by atoms with Gasteiger partial charge in [-0.15, -0.1) is 0 Å². The van der Waals surface area contributed by atoms with Gasteiger partial charge in [0.15, 0.2) is 0 Å². The maximum absolute atomic E-state index is 13.6. The molecular formula is C30H33N3O3. The summed E-state index contributed by atoms with van der Waals surface area (Å²) in [6, 6.07) is 16.9. The molecule has 0 spiro atoms. The molecule has 1 heterocycles. The standard InChI is InChI=1S/C30H33N3O3/c1-17(2)21-14-24(18(3)4)28(34)25(15-21)29(35)32(31)16-26-23-9-7-8-10-27(23)33(30(26)36)22-12-11-19(5)20(6)13-22/h7-18,34H,31H2,1-6H3/b26-16+. The van der Waals surface area contributed by atoms with Crippen LogP contribution in [0.25, 0.3) is 5.57 Å². The zero-order valence-corrected chi connectivity index (χ0v) is 21.7. The molecule has 0 fully saturated rings. The molecule has 0 unspecified atom stereocenters. The highest BCUT2D eigenvalue weighted by Gasteiger charge is 2.34. The van der Waals surface area contributed by atoms with Crippen LogP contribution in [0.1, 0.15) is 77.7 Å². The van der Waals surface area contributed by atoms with E-state index in [0.29, 0.717) is 16.7 Å². The number of phenols is 1. The van der Waals surface area contributed by atoms with Gasteiger partial charge in [0.2, 0.25) is 0 Å². The molecule has 3 aromatic carbocycles. The highest BCUT2D eigenvalue weighted by molar-refractivity contribution is 6.35. The van der Waals surface area contributed by atoms with Crippen LogP contribution in [0.3, 0.4) is 0 Å². The van der Waals surface area contributed by atoms with Gasteiger partial charge in [0.05, 0.1) is 16.8 Å². The smallest absolute Gasteiger partial charge is 0.275 e. The van der Waals surface area contributed by atoms with Gasteiger partial charge in [-0.25, -0.2) is 5.84 Å². The molecular weight excluding hydrogens is 450 g/mol. The first kappa shape index (κ1) is 25.2. The fourth-order valence-corrected chi connectivity index (χ4v) is 4.44. The van der Waals surface area contributed by atoms with Crippen LogP contribution in [0, 0.1) is 13.8 Å². The Morgan fingerprint density at radius 2 is 1.67 bits per heavy atom. The summed E-state index contributed by atoms with van der Waals surface area (Å²) in [5.74, 6) is 5.47. The molecule has 0 atom stereocenters. The number of carbonyl (C=O) groups excluding carboxylic acids is 2. The Balaban J connectivity index is 1.76. The number of hydrogen-bond donors (Lipinski definition) is 2. The van der Waals surface area contributed by atoms with E-state index >= 15 is 0 Å². The van der Waals surface area contributed by atoms with Gasteiger partial charge in [0.1, 0.15) is 5.75 Å². The summed E-state index contributed by atoms with van der Waals surface area (Å²) in [6.45, 7) is 12.0. The Labute approximate surface area is 212 Å². The Hall–Kier alpha value is -3.90. The number of anilines is 2. The number of phenolic OH excluding ortho intramolecular Hbond substituents is 1. The van der Waals surface area contributed by atoms with E-state index in [2.05, 4.69) is 0 Å². The van der Waals surface area contributed by atoms with E-state index < -0.39 is 5.91 Å². The Bertz CT molecular complexity index is 1390. The third kappa shape index (κ3) is 4.40. The summed E-state index contributed by atoms with van der Waals surface area (Å²) in [7, 11) is 0. The number of rotatable bonds is 5. The number of benzene rings is 3. The zero-order chi connectivity index (χ0) is 26.3. The first-order valence-electron chi connectivity index (χ1n) is 12.2. The summed E-state index contributed by atoms with van der Waals surface area (Å²) >= 11 is 0. The number of nitrogens with two attached hydrogens (primary N) is 1. The van der Waals surface area contributed by atoms with E-state index in [0.717, 1.165) is 33.1 Å². The lowest BCUT2D eigenvalue weighted by molar-refractivity contribution is -0.112. The molecule has 3 N–H and O–H groups in total. The molecule has 3 aromatic rings. The zero-order valence-electron chi connectivity index (χ0n) is 21.7. The molecule has 0 bridgehead atoms. The van der Waals surface area contributed by atoms with Crippen molar-refractivity contribution < 1.29 is 14.7 Å². The second kappa shape index (κ2) is 9.63. The van der Waals surface area contributed by atoms with Crippen LogP contribution in [0.4, 0.5) is 11.4 Å². The van der Waals surface area contributed by atoms with Gasteiger partial charge >= 0.3 is 0 Å². The molecule has 36 heavy (non-hydrogen) atoms. The first-order valence-corrected chi connectivity index (χ1v) is 12.2. The highest BCUT2D eigenvalue weighted by atomic mass is 16.3. The van der Waals surface area contributed by atoms with Crippen molar-refractivity contribution in [1.29, 1.82) is 0 Å². The van der Waals surface area contributed by atoms with Crippen LogP contribution in [0.5, 0.6) is 5.75 Å². The van der Waals surface area contributed by atoms with Crippen LogP contribution in [-0.2, 0) is 4.79 Å². The normalized spacial score (nSPS) is 14.2. The van der Waals surface area contributed by atoms with Crippen molar-refractivity contribution in [2.45, 2.75) is 53.4 Å². The van der Waals surface area contributed by atoms with E-state index in [1.54, 1.807) is 11.0 Å². The second-order valence-corrected chi connectivity index (χ2v) is 10.00.